The van der Waals surface area contributed by atoms with Crippen LogP contribution in [0.4, 0.5) is 0 Å². The first-order valence-electron chi connectivity index (χ1n) is 7.40. The fourth-order valence-corrected chi connectivity index (χ4v) is 3.53. The Morgan fingerprint density at radius 2 is 2.00 bits per heavy atom. The fourth-order valence-electron chi connectivity index (χ4n) is 2.69. The van der Waals surface area contributed by atoms with Gasteiger partial charge in [0.1, 0.15) is 5.25 Å². The van der Waals surface area contributed by atoms with Crippen molar-refractivity contribution in [2.24, 2.45) is 0 Å². The van der Waals surface area contributed by atoms with E-state index in [1.54, 1.807) is 0 Å². The SMILES string of the molecule is O=C(O)C[C@H](SCC(=O)N[C@@H]1CCCc2ccccc21)C(=O)O. The zero-order chi connectivity index (χ0) is 16.8. The van der Waals surface area contributed by atoms with Crippen molar-refractivity contribution in [3.63, 3.8) is 0 Å². The average Bonchev–Trinajstić information content (AvgIpc) is 2.51. The smallest absolute Gasteiger partial charge is 0.317 e. The molecule has 6 nitrogen and oxygen atoms in total. The summed E-state index contributed by atoms with van der Waals surface area (Å²) in [6.07, 6.45) is 2.34. The predicted octanol–water partition coefficient (Wildman–Crippen LogP) is 1.84. The highest BCUT2D eigenvalue weighted by Crippen LogP contribution is 2.29. The maximum atomic E-state index is 12.1. The van der Waals surface area contributed by atoms with Crippen LogP contribution in [0.5, 0.6) is 0 Å². The number of benzene rings is 1. The molecule has 0 spiro atoms. The van der Waals surface area contributed by atoms with Gasteiger partial charge in [-0.2, -0.15) is 0 Å². The van der Waals surface area contributed by atoms with Crippen LogP contribution >= 0.6 is 11.8 Å². The predicted molar refractivity (Wildman–Crippen MR) is 86.4 cm³/mol. The largest absolute Gasteiger partial charge is 0.481 e. The monoisotopic (exact) mass is 337 g/mol. The minimum absolute atomic E-state index is 0.0594. The number of aliphatic carboxylic acids is 2. The van der Waals surface area contributed by atoms with Crippen LogP contribution in [0.25, 0.3) is 0 Å². The van der Waals surface area contributed by atoms with Crippen molar-refractivity contribution in [1.29, 1.82) is 0 Å². The van der Waals surface area contributed by atoms with Crippen LogP contribution in [0.15, 0.2) is 24.3 Å². The lowest BCUT2D eigenvalue weighted by atomic mass is 9.88. The Morgan fingerprint density at radius 1 is 1.26 bits per heavy atom. The number of hydrogen-bond donors (Lipinski definition) is 3. The number of carbonyl (C=O) groups excluding carboxylic acids is 1. The first-order chi connectivity index (χ1) is 11.0. The fraction of sp³-hybridized carbons (Fsp3) is 0.438. The molecule has 0 fully saturated rings. The van der Waals surface area contributed by atoms with Gasteiger partial charge in [0.2, 0.25) is 5.91 Å². The molecule has 0 heterocycles. The summed E-state index contributed by atoms with van der Waals surface area (Å²) in [7, 11) is 0. The molecule has 0 aromatic heterocycles. The molecule has 1 aromatic rings. The number of hydrogen-bond acceptors (Lipinski definition) is 4. The van der Waals surface area contributed by atoms with E-state index < -0.39 is 23.6 Å². The van der Waals surface area contributed by atoms with E-state index in [0.29, 0.717) is 0 Å². The number of carboxylic acids is 2. The van der Waals surface area contributed by atoms with E-state index in [9.17, 15) is 14.4 Å². The zero-order valence-electron chi connectivity index (χ0n) is 12.5. The lowest BCUT2D eigenvalue weighted by Gasteiger charge is -2.26. The second kappa shape index (κ2) is 8.01. The zero-order valence-corrected chi connectivity index (χ0v) is 13.3. The van der Waals surface area contributed by atoms with Gasteiger partial charge in [-0.05, 0) is 30.4 Å². The Kier molecular flexibility index (Phi) is 6.04. The van der Waals surface area contributed by atoms with Gasteiger partial charge in [-0.3, -0.25) is 14.4 Å². The Labute approximate surface area is 138 Å². The molecule has 7 heteroatoms. The Hall–Kier alpha value is -2.02. The third-order valence-corrected chi connectivity index (χ3v) is 4.96. The van der Waals surface area contributed by atoms with Gasteiger partial charge in [0, 0.05) is 0 Å². The molecule has 0 saturated heterocycles. The van der Waals surface area contributed by atoms with Crippen LogP contribution in [-0.2, 0) is 20.8 Å². The summed E-state index contributed by atoms with van der Waals surface area (Å²) >= 11 is 0.844. The summed E-state index contributed by atoms with van der Waals surface area (Å²) in [4.78, 5) is 33.7. The van der Waals surface area contributed by atoms with Gasteiger partial charge in [-0.15, -0.1) is 11.8 Å². The Bertz CT molecular complexity index is 604. The van der Waals surface area contributed by atoms with Gasteiger partial charge in [0.15, 0.2) is 0 Å². The molecule has 0 saturated carbocycles. The average molecular weight is 337 g/mol. The Balaban J connectivity index is 1.90. The molecule has 124 valence electrons. The molecule has 23 heavy (non-hydrogen) atoms. The summed E-state index contributed by atoms with van der Waals surface area (Å²) in [6.45, 7) is 0. The van der Waals surface area contributed by atoms with Crippen molar-refractivity contribution in [2.75, 3.05) is 5.75 Å². The molecule has 1 aromatic carbocycles. The Morgan fingerprint density at radius 3 is 2.70 bits per heavy atom. The standard InChI is InChI=1S/C16H19NO5S/c18-14(9-23-13(16(21)22)8-15(19)20)17-12-7-3-5-10-4-1-2-6-11(10)12/h1-2,4,6,12-13H,3,5,7-9H2,(H,17,18)(H,19,20)(H,21,22)/t12-,13+/m1/s1. The van der Waals surface area contributed by atoms with Crippen LogP contribution in [0.3, 0.4) is 0 Å². The van der Waals surface area contributed by atoms with E-state index in [4.69, 9.17) is 10.2 Å². The van der Waals surface area contributed by atoms with Crippen LogP contribution in [0.1, 0.15) is 36.4 Å². The second-order valence-electron chi connectivity index (χ2n) is 5.45. The van der Waals surface area contributed by atoms with Gasteiger partial charge >= 0.3 is 11.9 Å². The minimum Gasteiger partial charge on any atom is -0.481 e. The molecule has 1 amide bonds. The normalized spacial score (nSPS) is 17.8. The molecule has 0 bridgehead atoms. The summed E-state index contributed by atoms with van der Waals surface area (Å²) < 4.78 is 0. The molecule has 0 unspecified atom stereocenters. The summed E-state index contributed by atoms with van der Waals surface area (Å²) in [6, 6.07) is 7.90. The van der Waals surface area contributed by atoms with E-state index in [2.05, 4.69) is 11.4 Å². The maximum Gasteiger partial charge on any atom is 0.317 e. The molecule has 1 aliphatic carbocycles. The van der Waals surface area contributed by atoms with Crippen LogP contribution < -0.4 is 5.32 Å². The van der Waals surface area contributed by atoms with E-state index in [1.807, 2.05) is 18.2 Å². The second-order valence-corrected chi connectivity index (χ2v) is 6.64. The van der Waals surface area contributed by atoms with Crippen LogP contribution in [-0.4, -0.2) is 39.1 Å². The third kappa shape index (κ3) is 4.99. The number of nitrogens with one attached hydrogen (secondary N) is 1. The molecular weight excluding hydrogens is 318 g/mol. The molecule has 2 atom stereocenters. The van der Waals surface area contributed by atoms with Gasteiger partial charge in [0.05, 0.1) is 18.2 Å². The summed E-state index contributed by atoms with van der Waals surface area (Å²) in [5.74, 6) is -2.74. The number of thioether (sulfide) groups is 1. The highest BCUT2D eigenvalue weighted by molar-refractivity contribution is 8.01. The molecule has 2 rings (SSSR count). The van der Waals surface area contributed by atoms with Gasteiger partial charge < -0.3 is 15.5 Å². The quantitative estimate of drug-likeness (QED) is 0.701. The van der Waals surface area contributed by atoms with Crippen molar-refractivity contribution in [3.8, 4) is 0 Å². The molecule has 1 aliphatic rings. The van der Waals surface area contributed by atoms with E-state index in [-0.39, 0.29) is 17.7 Å². The van der Waals surface area contributed by atoms with Crippen molar-refractivity contribution in [2.45, 2.75) is 37.0 Å². The molecular formula is C16H19NO5S. The van der Waals surface area contributed by atoms with Crippen LogP contribution in [0, 0.1) is 0 Å². The number of aryl methyl sites for hydroxylation is 1. The summed E-state index contributed by atoms with van der Waals surface area (Å²) in [5, 5.41) is 19.5. The minimum atomic E-state index is -1.21. The molecule has 3 N–H and O–H groups in total. The van der Waals surface area contributed by atoms with E-state index >= 15 is 0 Å². The van der Waals surface area contributed by atoms with E-state index in [0.717, 1.165) is 36.6 Å². The van der Waals surface area contributed by atoms with Crippen LogP contribution in [0.2, 0.25) is 0 Å². The van der Waals surface area contributed by atoms with Gasteiger partial charge in [-0.1, -0.05) is 24.3 Å². The van der Waals surface area contributed by atoms with Gasteiger partial charge in [-0.25, -0.2) is 0 Å². The van der Waals surface area contributed by atoms with Crippen molar-refractivity contribution >= 4 is 29.6 Å². The van der Waals surface area contributed by atoms with Crippen molar-refractivity contribution in [1.82, 2.24) is 5.32 Å². The molecule has 0 radical (unpaired) electrons. The topological polar surface area (TPSA) is 104 Å². The molecule has 0 aliphatic heterocycles. The van der Waals surface area contributed by atoms with Gasteiger partial charge in [0.25, 0.3) is 0 Å². The highest BCUT2D eigenvalue weighted by Gasteiger charge is 2.25. The summed E-state index contributed by atoms with van der Waals surface area (Å²) in [5.41, 5.74) is 2.34. The van der Waals surface area contributed by atoms with Crippen molar-refractivity contribution < 1.29 is 24.6 Å². The third-order valence-electron chi connectivity index (χ3n) is 3.76. The number of carbonyl (C=O) groups is 3. The first kappa shape index (κ1) is 17.3. The highest BCUT2D eigenvalue weighted by atomic mass is 32.2. The number of fused-ring (bicyclic) bond motifs is 1. The number of amides is 1. The maximum absolute atomic E-state index is 12.1. The van der Waals surface area contributed by atoms with Crippen molar-refractivity contribution in [3.05, 3.63) is 35.4 Å². The van der Waals surface area contributed by atoms with E-state index in [1.165, 1.54) is 5.56 Å². The number of carboxylic acid groups (broad SMARTS) is 2. The first-order valence-corrected chi connectivity index (χ1v) is 8.45. The number of rotatable bonds is 7. The lowest BCUT2D eigenvalue weighted by Crippen LogP contribution is -2.33. The lowest BCUT2D eigenvalue weighted by molar-refractivity contribution is -0.142.